The molecule has 2 aliphatic heterocycles. The zero-order valence-corrected chi connectivity index (χ0v) is 38.0. The van der Waals surface area contributed by atoms with E-state index in [9.17, 15) is 27.8 Å². The molecule has 326 valence electrons. The van der Waals surface area contributed by atoms with Crippen LogP contribution in [0.3, 0.4) is 0 Å². The molecule has 2 heterocycles. The van der Waals surface area contributed by atoms with Gasteiger partial charge in [0.1, 0.15) is 6.54 Å². The number of fused-ring (bicyclic) bond motifs is 2. The Morgan fingerprint density at radius 3 is 2.36 bits per heavy atom. The van der Waals surface area contributed by atoms with Gasteiger partial charge in [0.2, 0.25) is 17.5 Å². The second kappa shape index (κ2) is 21.0. The molecule has 0 saturated heterocycles. The van der Waals surface area contributed by atoms with Crippen molar-refractivity contribution in [2.24, 2.45) is 5.73 Å². The predicted molar refractivity (Wildman–Crippen MR) is 234 cm³/mol. The van der Waals surface area contributed by atoms with Crippen LogP contribution in [0.25, 0.3) is 0 Å². The average molecular weight is 876 g/mol. The molecule has 2 amide bonds. The number of amides is 2. The van der Waals surface area contributed by atoms with Gasteiger partial charge in [-0.05, 0) is 75.6 Å². The first-order chi connectivity index (χ1) is 27.8. The molecule has 0 aromatic heterocycles. The van der Waals surface area contributed by atoms with Crippen LogP contribution < -0.4 is 26.5 Å². The Bertz CT molecular complexity index is 2020. The van der Waals surface area contributed by atoms with Crippen LogP contribution in [0.1, 0.15) is 84.3 Å². The fourth-order valence-corrected chi connectivity index (χ4v) is 9.06. The van der Waals surface area contributed by atoms with E-state index in [0.29, 0.717) is 31.8 Å². The summed E-state index contributed by atoms with van der Waals surface area (Å²) in [4.78, 5) is 27.4. The summed E-state index contributed by atoms with van der Waals surface area (Å²) >= 11 is 4.93. The zero-order valence-electron chi connectivity index (χ0n) is 35.5. The number of hydrogen-bond acceptors (Lipinski definition) is 11. The van der Waals surface area contributed by atoms with Gasteiger partial charge < -0.3 is 31.0 Å². The predicted octanol–water partition coefficient (Wildman–Crippen LogP) is 4.70. The number of rotatable bonds is 23. The van der Waals surface area contributed by atoms with Gasteiger partial charge in [-0.15, -0.1) is 0 Å². The lowest BCUT2D eigenvalue weighted by molar-refractivity contribution is -0.890. The maximum Gasteiger partial charge on any atom is 0.294 e. The monoisotopic (exact) mass is 875 g/mol. The van der Waals surface area contributed by atoms with Crippen LogP contribution in [0.5, 0.6) is 0 Å². The number of likely N-dealkylation sites (N-methyl/N-ethyl adjacent to an activating group) is 1. The number of benzene rings is 2. The highest BCUT2D eigenvalue weighted by Crippen LogP contribution is 2.49. The van der Waals surface area contributed by atoms with Crippen molar-refractivity contribution in [1.82, 2.24) is 10.6 Å². The Kier molecular flexibility index (Phi) is 17.2. The first-order valence-corrected chi connectivity index (χ1v) is 23.0. The molecule has 0 fully saturated rings. The molecule has 59 heavy (non-hydrogen) atoms. The minimum atomic E-state index is -4.40. The average Bonchev–Trinajstić information content (AvgIpc) is 3.53. The molecule has 0 spiro atoms. The van der Waals surface area contributed by atoms with Gasteiger partial charge in [0.05, 0.1) is 55.6 Å². The van der Waals surface area contributed by atoms with E-state index in [2.05, 4.69) is 103 Å². The number of allylic oxidation sites excluding steroid dienone is 4. The lowest BCUT2D eigenvalue weighted by Crippen LogP contribution is -2.45. The summed E-state index contributed by atoms with van der Waals surface area (Å²) in [6.45, 7) is 14.9. The Labute approximate surface area is 360 Å². The maximum absolute atomic E-state index is 12.7. The molecule has 4 rings (SSSR count). The van der Waals surface area contributed by atoms with Crippen molar-refractivity contribution in [2.75, 3.05) is 64.0 Å². The molecule has 2 aromatic carbocycles. The number of thiol groups is 1. The van der Waals surface area contributed by atoms with Crippen LogP contribution in [0.2, 0.25) is 0 Å². The number of hydrogen-bond donors (Lipinski definition) is 5. The minimum Gasteiger partial charge on any atom is -0.691 e. The number of nitrogens with one attached hydrogen (secondary N) is 2. The molecule has 0 aliphatic carbocycles. The standard InChI is InChI=1S/C42H62N6O8S3/c1-8-46-35-20-18-30(58-56-55-51)27-32(35)41(2,3)37(46)15-12-16-38-42(4,5)33-28-31(59(52,53)54)19-21-36(33)47(38)24-11-9-10-17-39(49)44-22-13-25-48(6,7)26-14-23-45-40(50)34(43)29-57/h12,15-16,18-21,27-28,34H,8-11,13-14,17,22-26,29,43H2,1-7H3,(H3-2,44,45,49,50,51,52,53,54,57)/p+1. The highest BCUT2D eigenvalue weighted by molar-refractivity contribution is 7.94. The third-order valence-corrected chi connectivity index (χ3v) is 13.1. The Hall–Kier alpha value is -3.26. The summed E-state index contributed by atoms with van der Waals surface area (Å²) < 4.78 is 41.8. The van der Waals surface area contributed by atoms with Crippen molar-refractivity contribution in [1.29, 1.82) is 0 Å². The van der Waals surface area contributed by atoms with E-state index in [1.165, 1.54) is 6.07 Å². The molecule has 0 saturated carbocycles. The van der Waals surface area contributed by atoms with Crippen molar-refractivity contribution in [2.45, 2.75) is 99.8 Å². The van der Waals surface area contributed by atoms with E-state index in [4.69, 9.17) is 5.73 Å². The quantitative estimate of drug-likeness (QED) is 0.0152. The van der Waals surface area contributed by atoms with Crippen molar-refractivity contribution in [3.05, 3.63) is 71.5 Å². The van der Waals surface area contributed by atoms with Gasteiger partial charge in [0, 0.05) is 90.5 Å². The summed E-state index contributed by atoms with van der Waals surface area (Å²) in [5.41, 5.74) is 10.7. The first kappa shape index (κ1) is 48.4. The van der Waals surface area contributed by atoms with Gasteiger partial charge in [-0.1, -0.05) is 19.9 Å². The summed E-state index contributed by atoms with van der Waals surface area (Å²) in [7, 11) is -0.117. The number of anilines is 1. The SMILES string of the molecule is CCN1/C(=C/C=C/C2=[N+](CCCCCC(=O)NCCC[N+](C)(C)CCCNC(=O)C(N)CS)c3ccc(S(=O)(=O)O)cc3C2(C)C)C(C)(C)c2cc(SOO[O-])ccc21. The smallest absolute Gasteiger partial charge is 0.294 e. The van der Waals surface area contributed by atoms with Crippen molar-refractivity contribution >= 4 is 63.7 Å². The summed E-state index contributed by atoms with van der Waals surface area (Å²) in [5.74, 6) is 0.160. The topological polar surface area (TPSA) is 186 Å². The first-order valence-electron chi connectivity index (χ1n) is 20.2. The van der Waals surface area contributed by atoms with E-state index in [1.54, 1.807) is 12.1 Å². The van der Waals surface area contributed by atoms with Gasteiger partial charge in [0.15, 0.2) is 5.71 Å². The molecule has 1 unspecified atom stereocenters. The van der Waals surface area contributed by atoms with Crippen molar-refractivity contribution < 1.29 is 46.2 Å². The molecule has 5 N–H and O–H groups in total. The second-order valence-electron chi connectivity index (χ2n) is 16.8. The van der Waals surface area contributed by atoms with E-state index in [-0.39, 0.29) is 22.1 Å². The highest BCUT2D eigenvalue weighted by Gasteiger charge is 2.45. The molecule has 0 radical (unpaired) electrons. The zero-order chi connectivity index (χ0) is 43.6. The van der Waals surface area contributed by atoms with Crippen LogP contribution in [0.15, 0.2) is 70.1 Å². The Balaban J connectivity index is 1.39. The normalized spacial score (nSPS) is 17.1. The van der Waals surface area contributed by atoms with E-state index in [0.717, 1.165) is 107 Å². The lowest BCUT2D eigenvalue weighted by Gasteiger charge is -2.30. The number of nitrogens with two attached hydrogens (primary N) is 1. The summed E-state index contributed by atoms with van der Waals surface area (Å²) in [6.07, 6.45) is 10.7. The lowest BCUT2D eigenvalue weighted by atomic mass is 9.81. The second-order valence-corrected chi connectivity index (χ2v) is 19.4. The van der Waals surface area contributed by atoms with Crippen molar-refractivity contribution in [3.8, 4) is 0 Å². The number of nitrogens with zero attached hydrogens (tertiary/aromatic N) is 3. The van der Waals surface area contributed by atoms with Crippen LogP contribution in [-0.4, -0.2) is 105 Å². The van der Waals surface area contributed by atoms with Gasteiger partial charge in [-0.3, -0.25) is 19.2 Å². The third kappa shape index (κ3) is 12.4. The maximum atomic E-state index is 12.7. The van der Waals surface area contributed by atoms with Gasteiger partial charge >= 0.3 is 0 Å². The molecule has 14 nitrogen and oxygen atoms in total. The number of quaternary nitrogens is 1. The number of carbonyl (C=O) groups is 2. The Morgan fingerprint density at radius 1 is 1.02 bits per heavy atom. The Morgan fingerprint density at radius 2 is 1.71 bits per heavy atom. The number of carbonyl (C=O) groups excluding carboxylic acids is 2. The molecular formula is C42H63N6O8S3+. The highest BCUT2D eigenvalue weighted by atomic mass is 32.2. The van der Waals surface area contributed by atoms with E-state index in [1.807, 2.05) is 24.3 Å². The molecule has 2 aromatic rings. The van der Waals surface area contributed by atoms with E-state index < -0.39 is 21.6 Å². The number of unbranched alkanes of at least 4 members (excludes halogenated alkanes) is 2. The van der Waals surface area contributed by atoms with Crippen molar-refractivity contribution in [3.63, 3.8) is 0 Å². The van der Waals surface area contributed by atoms with Gasteiger partial charge in [0.25, 0.3) is 10.1 Å². The fourth-order valence-electron chi connectivity index (χ4n) is 7.99. The van der Waals surface area contributed by atoms with Gasteiger partial charge in [-0.2, -0.15) is 30.0 Å². The molecule has 2 aliphatic rings. The van der Waals surface area contributed by atoms with Crippen LogP contribution >= 0.6 is 24.7 Å². The molecule has 1 atom stereocenters. The van der Waals surface area contributed by atoms with Crippen LogP contribution in [0, 0.1) is 0 Å². The molecule has 17 heteroatoms. The van der Waals surface area contributed by atoms with Crippen LogP contribution in [-0.2, 0) is 39.9 Å². The third-order valence-electron chi connectivity index (χ3n) is 11.3. The summed E-state index contributed by atoms with van der Waals surface area (Å²) in [5, 5.41) is 19.9. The molecular weight excluding hydrogens is 813 g/mol. The molecule has 0 bridgehead atoms. The minimum absolute atomic E-state index is 0.0325. The van der Waals surface area contributed by atoms with E-state index >= 15 is 0 Å². The van der Waals surface area contributed by atoms with Gasteiger partial charge in [-0.25, -0.2) is 0 Å². The fraction of sp³-hybridized carbons (Fsp3) is 0.548. The van der Waals surface area contributed by atoms with Crippen LogP contribution in [0.4, 0.5) is 11.4 Å². The summed E-state index contributed by atoms with van der Waals surface area (Å²) in [6, 6.07) is 10.1. The largest absolute Gasteiger partial charge is 0.691 e.